The van der Waals surface area contributed by atoms with Crippen molar-refractivity contribution in [1.82, 2.24) is 29.3 Å². The Bertz CT molecular complexity index is 1870. The zero-order valence-electron chi connectivity index (χ0n) is 24.8. The second-order valence-electron chi connectivity index (χ2n) is 11.3. The number of rotatable bonds is 9. The minimum atomic E-state index is -0.605. The molecule has 5 rings (SSSR count). The van der Waals surface area contributed by atoms with E-state index in [2.05, 4.69) is 32.3 Å². The first kappa shape index (κ1) is 28.7. The van der Waals surface area contributed by atoms with Crippen LogP contribution in [0.25, 0.3) is 28.3 Å². The summed E-state index contributed by atoms with van der Waals surface area (Å²) in [7, 11) is 1.51. The molecule has 0 bridgehead atoms. The summed E-state index contributed by atoms with van der Waals surface area (Å²) in [6, 6.07) is 15.7. The van der Waals surface area contributed by atoms with Crippen LogP contribution in [0.15, 0.2) is 67.8 Å². The van der Waals surface area contributed by atoms with Crippen LogP contribution in [0.1, 0.15) is 56.8 Å². The Labute approximate surface area is 242 Å². The zero-order chi connectivity index (χ0) is 30.0. The fourth-order valence-electron chi connectivity index (χ4n) is 5.03. The SMILES string of the molecule is CCCc1c(Cc2ccc(-c3ccccc3-c3noc(=O)[nH]3)cc2)c(=O)n(CC(=NOC)C(C)(C)C)c2nc(C)nn12. The normalized spacial score (nSPS) is 12.3. The number of aromatic amines is 1. The molecule has 0 unspecified atom stereocenters. The van der Waals surface area contributed by atoms with Gasteiger partial charge in [-0.05, 0) is 30.0 Å². The molecular formula is C31H35N7O4. The molecule has 3 aromatic heterocycles. The maximum atomic E-state index is 14.2. The molecule has 0 saturated heterocycles. The van der Waals surface area contributed by atoms with E-state index < -0.39 is 5.76 Å². The van der Waals surface area contributed by atoms with Gasteiger partial charge in [0.2, 0.25) is 5.78 Å². The third kappa shape index (κ3) is 5.67. The molecule has 3 heterocycles. The number of hydrogen-bond acceptors (Lipinski definition) is 8. The lowest BCUT2D eigenvalue weighted by Gasteiger charge is -2.22. The molecule has 0 spiro atoms. The van der Waals surface area contributed by atoms with Crippen molar-refractivity contribution < 1.29 is 9.36 Å². The number of fused-ring (bicyclic) bond motifs is 1. The zero-order valence-corrected chi connectivity index (χ0v) is 24.8. The Kier molecular flexibility index (Phi) is 7.93. The molecule has 0 atom stereocenters. The van der Waals surface area contributed by atoms with E-state index in [4.69, 9.17) is 9.36 Å². The number of aromatic nitrogens is 6. The first-order valence-electron chi connectivity index (χ1n) is 13.9. The summed E-state index contributed by atoms with van der Waals surface area (Å²) < 4.78 is 8.18. The van der Waals surface area contributed by atoms with Gasteiger partial charge in [0, 0.05) is 23.0 Å². The second kappa shape index (κ2) is 11.6. The number of oxime groups is 1. The Morgan fingerprint density at radius 2 is 1.79 bits per heavy atom. The van der Waals surface area contributed by atoms with Crippen LogP contribution in [-0.2, 0) is 24.2 Å². The quantitative estimate of drug-likeness (QED) is 0.199. The standard InChI is InChI=1S/C31H35N7O4/c1-7-10-25-24(28(39)37(29-32-19(2)34-38(25)29)18-26(35-41-6)31(3,4)5)17-20-13-15-21(16-14-20)22-11-8-9-12-23(22)27-33-30(40)42-36-27/h8-9,11-16H,7,10,17-18H2,1-6H3,(H,33,36,40). The first-order chi connectivity index (χ1) is 20.1. The number of aryl methyl sites for hydroxylation is 2. The summed E-state index contributed by atoms with van der Waals surface area (Å²) >= 11 is 0. The Morgan fingerprint density at radius 1 is 1.07 bits per heavy atom. The van der Waals surface area contributed by atoms with E-state index in [9.17, 15) is 9.59 Å². The van der Waals surface area contributed by atoms with Crippen LogP contribution in [0.4, 0.5) is 0 Å². The van der Waals surface area contributed by atoms with Gasteiger partial charge in [-0.15, -0.1) is 0 Å². The van der Waals surface area contributed by atoms with Gasteiger partial charge in [-0.2, -0.15) is 10.1 Å². The van der Waals surface area contributed by atoms with E-state index in [1.165, 1.54) is 7.11 Å². The molecule has 0 aliphatic carbocycles. The van der Waals surface area contributed by atoms with Gasteiger partial charge in [0.25, 0.3) is 5.56 Å². The van der Waals surface area contributed by atoms with Crippen LogP contribution < -0.4 is 11.3 Å². The number of nitrogens with zero attached hydrogens (tertiary/aromatic N) is 6. The summed E-state index contributed by atoms with van der Waals surface area (Å²) in [6.07, 6.45) is 1.96. The van der Waals surface area contributed by atoms with Crippen LogP contribution in [-0.4, -0.2) is 42.1 Å². The van der Waals surface area contributed by atoms with E-state index in [1.54, 1.807) is 4.57 Å². The van der Waals surface area contributed by atoms with Crippen LogP contribution in [0.3, 0.4) is 0 Å². The van der Waals surface area contributed by atoms with Crippen molar-refractivity contribution >= 4 is 11.5 Å². The van der Waals surface area contributed by atoms with Gasteiger partial charge in [-0.1, -0.05) is 93.0 Å². The van der Waals surface area contributed by atoms with Gasteiger partial charge in [0.05, 0.1) is 18.0 Å². The Hall–Kier alpha value is -4.80. The fraction of sp³-hybridized carbons (Fsp3) is 0.355. The number of nitrogens with one attached hydrogen (secondary N) is 1. The van der Waals surface area contributed by atoms with E-state index in [0.717, 1.165) is 40.1 Å². The van der Waals surface area contributed by atoms with E-state index >= 15 is 0 Å². The molecule has 5 aromatic rings. The van der Waals surface area contributed by atoms with Crippen molar-refractivity contribution in [1.29, 1.82) is 0 Å². The molecule has 218 valence electrons. The maximum absolute atomic E-state index is 14.2. The minimum Gasteiger partial charge on any atom is -0.399 e. The molecule has 1 N–H and O–H groups in total. The predicted molar refractivity (Wildman–Crippen MR) is 161 cm³/mol. The van der Waals surface area contributed by atoms with Gasteiger partial charge in [0.15, 0.2) is 5.82 Å². The molecule has 0 aliphatic heterocycles. The molecule has 11 heteroatoms. The van der Waals surface area contributed by atoms with Crippen LogP contribution >= 0.6 is 0 Å². The Morgan fingerprint density at radius 3 is 2.40 bits per heavy atom. The highest BCUT2D eigenvalue weighted by atomic mass is 16.6. The molecule has 0 amide bonds. The third-order valence-electron chi connectivity index (χ3n) is 7.17. The fourth-order valence-corrected chi connectivity index (χ4v) is 5.03. The second-order valence-corrected chi connectivity index (χ2v) is 11.3. The lowest BCUT2D eigenvalue weighted by atomic mass is 9.90. The predicted octanol–water partition coefficient (Wildman–Crippen LogP) is 4.80. The van der Waals surface area contributed by atoms with Crippen molar-refractivity contribution in [2.24, 2.45) is 10.6 Å². The Balaban J connectivity index is 1.58. The average molecular weight is 570 g/mol. The number of hydrogen-bond donors (Lipinski definition) is 1. The van der Waals surface area contributed by atoms with Crippen LogP contribution in [0.2, 0.25) is 0 Å². The summed E-state index contributed by atoms with van der Waals surface area (Å²) in [4.78, 5) is 38.1. The summed E-state index contributed by atoms with van der Waals surface area (Å²) in [6.45, 7) is 10.3. The lowest BCUT2D eigenvalue weighted by molar-refractivity contribution is 0.207. The van der Waals surface area contributed by atoms with Crippen molar-refractivity contribution in [2.75, 3.05) is 7.11 Å². The first-order valence-corrected chi connectivity index (χ1v) is 13.9. The molecule has 0 aliphatic rings. The monoisotopic (exact) mass is 569 g/mol. The summed E-state index contributed by atoms with van der Waals surface area (Å²) in [5, 5.41) is 12.8. The minimum absolute atomic E-state index is 0.115. The third-order valence-corrected chi connectivity index (χ3v) is 7.17. The summed E-state index contributed by atoms with van der Waals surface area (Å²) in [5.74, 6) is 0.851. The van der Waals surface area contributed by atoms with Crippen LogP contribution in [0.5, 0.6) is 0 Å². The topological polar surface area (TPSA) is 133 Å². The van der Waals surface area contributed by atoms with Gasteiger partial charge < -0.3 is 4.84 Å². The summed E-state index contributed by atoms with van der Waals surface area (Å²) in [5.41, 5.74) is 5.39. The van der Waals surface area contributed by atoms with Crippen molar-refractivity contribution in [3.05, 3.63) is 92.1 Å². The largest absolute Gasteiger partial charge is 0.439 e. The molecule has 2 aromatic carbocycles. The number of benzene rings is 2. The van der Waals surface area contributed by atoms with Crippen molar-refractivity contribution in [3.63, 3.8) is 0 Å². The highest BCUT2D eigenvalue weighted by molar-refractivity contribution is 5.89. The van der Waals surface area contributed by atoms with Gasteiger partial charge >= 0.3 is 5.76 Å². The molecule has 0 radical (unpaired) electrons. The smallest absolute Gasteiger partial charge is 0.399 e. The highest BCUT2D eigenvalue weighted by Crippen LogP contribution is 2.30. The van der Waals surface area contributed by atoms with Gasteiger partial charge in [-0.25, -0.2) is 9.31 Å². The molecule has 11 nitrogen and oxygen atoms in total. The van der Waals surface area contributed by atoms with E-state index in [-0.39, 0.29) is 17.5 Å². The van der Waals surface area contributed by atoms with Crippen LogP contribution in [0, 0.1) is 12.3 Å². The molecule has 42 heavy (non-hydrogen) atoms. The molecule has 0 saturated carbocycles. The highest BCUT2D eigenvalue weighted by Gasteiger charge is 2.25. The average Bonchev–Trinajstić information content (AvgIpc) is 3.57. The lowest BCUT2D eigenvalue weighted by Crippen LogP contribution is -2.35. The van der Waals surface area contributed by atoms with Gasteiger partial charge in [-0.3, -0.25) is 18.9 Å². The molecular weight excluding hydrogens is 534 g/mol. The van der Waals surface area contributed by atoms with Crippen molar-refractivity contribution in [2.45, 2.75) is 60.4 Å². The van der Waals surface area contributed by atoms with Crippen molar-refractivity contribution in [3.8, 4) is 22.5 Å². The van der Waals surface area contributed by atoms with E-state index in [0.29, 0.717) is 35.8 Å². The van der Waals surface area contributed by atoms with E-state index in [1.807, 2.05) is 80.7 Å². The number of H-pyrrole nitrogens is 1. The molecule has 0 fully saturated rings. The van der Waals surface area contributed by atoms with Gasteiger partial charge in [0.1, 0.15) is 12.9 Å². The maximum Gasteiger partial charge on any atom is 0.439 e.